The molecule has 2 aliphatic heterocycles. The number of halogens is 2. The van der Waals surface area contributed by atoms with Crippen molar-refractivity contribution in [2.24, 2.45) is 0 Å². The number of hydrogen-bond donors (Lipinski definition) is 2. The molecule has 0 aliphatic carbocycles. The fraction of sp³-hybridized carbons (Fsp3) is 0.553. The third kappa shape index (κ3) is 27.6. The number of piperidine rings is 2. The molecule has 0 unspecified atom stereocenters. The first kappa shape index (κ1) is 90.0. The van der Waals surface area contributed by atoms with Crippen LogP contribution in [0, 0.1) is 13.8 Å². The van der Waals surface area contributed by atoms with Crippen LogP contribution in [-0.4, -0.2) is 168 Å². The average Bonchev–Trinajstić information content (AvgIpc) is 0.762. The Morgan fingerprint density at radius 1 is 0.580 bits per heavy atom. The maximum absolute atomic E-state index is 13.9. The number of unbranched alkanes of at least 4 members (excludes halogenated alkanes) is 3. The third-order valence-electron chi connectivity index (χ3n) is 20.1. The van der Waals surface area contributed by atoms with Crippen molar-refractivity contribution in [3.8, 4) is 23.1 Å². The monoisotopic (exact) mass is 1710 g/mol. The Labute approximate surface area is 676 Å². The second-order valence-electron chi connectivity index (χ2n) is 33.8. The van der Waals surface area contributed by atoms with Gasteiger partial charge in [0.05, 0.1) is 44.5 Å². The van der Waals surface area contributed by atoms with Crippen molar-refractivity contribution in [1.82, 2.24) is 48.8 Å². The minimum atomic E-state index is -2.42. The van der Waals surface area contributed by atoms with E-state index in [1.807, 2.05) is 71.9 Å². The van der Waals surface area contributed by atoms with E-state index in [1.54, 1.807) is 64.0 Å². The van der Waals surface area contributed by atoms with E-state index in [4.69, 9.17) is 51.4 Å². The molecule has 612 valence electrons. The number of amides is 2. The van der Waals surface area contributed by atoms with Gasteiger partial charge in [0, 0.05) is 79.3 Å². The summed E-state index contributed by atoms with van der Waals surface area (Å²) in [4.78, 5) is 83.4. The molecular formula is C85H126ClFN12O10Si2Sn. The zero-order valence-corrected chi connectivity index (χ0v) is 75.8. The van der Waals surface area contributed by atoms with Crippen LogP contribution in [0.3, 0.4) is 0 Å². The van der Waals surface area contributed by atoms with Gasteiger partial charge in [-0.2, -0.15) is 0 Å². The summed E-state index contributed by atoms with van der Waals surface area (Å²) in [7, 11) is -0.244. The second kappa shape index (κ2) is 42.7. The van der Waals surface area contributed by atoms with Gasteiger partial charge in [-0.15, -0.1) is 0 Å². The summed E-state index contributed by atoms with van der Waals surface area (Å²) in [5, 5.41) is 9.48. The van der Waals surface area contributed by atoms with E-state index in [9.17, 15) is 23.6 Å². The van der Waals surface area contributed by atoms with Gasteiger partial charge in [-0.05, 0) is 187 Å². The number of aromatic nitrogens is 8. The molecule has 0 radical (unpaired) electrons. The number of carbonyl (C=O) groups excluding carboxylic acids is 2. The molecule has 0 atom stereocenters. The van der Waals surface area contributed by atoms with Crippen LogP contribution in [0.4, 0.5) is 37.0 Å². The molecule has 6 aromatic heterocycles. The first-order valence-electron chi connectivity index (χ1n) is 40.4. The van der Waals surface area contributed by atoms with E-state index in [1.165, 1.54) is 72.9 Å². The number of alkyl halides is 1. The first-order valence-corrected chi connectivity index (χ1v) is 55.0. The number of likely N-dealkylation sites (tertiary alicyclic amines) is 2. The number of anilines is 4. The van der Waals surface area contributed by atoms with Crippen LogP contribution in [0.5, 0.6) is 11.8 Å². The summed E-state index contributed by atoms with van der Waals surface area (Å²) in [6.07, 6.45) is 21.4. The average molecular weight is 1710 g/mol. The number of hydrogen-bond acceptors (Lipinski definition) is 18. The molecule has 27 heteroatoms. The van der Waals surface area contributed by atoms with Crippen molar-refractivity contribution < 1.29 is 43.8 Å². The number of fused-ring (bicyclic) bond motifs is 2. The standard InChI is InChI=1S/C36H48N6O5Si.C31H43ClN4O4Si.C5H5N2O.3C4H9.CH3F.Sn/c1-24-19-27(9-10-28(24)25-11-14-41(15-12-25)35(44)47-36(2,3)4)38-33-32-26(20-29(40-33)30-21-37-22-31(39-30)45-5)13-16-42(34(32)43)23-46-17-18-48(6,7)8;1-21-18-24(8-9-25(21)22-10-13-35(14-11-22)30(38)40-31(2,3)4)33-28-27-23(19-26(32)34-28)12-15-36(29(27)37)20-39-16-17-41(5,6)7;1-8-5-4-6-2-3-7-5;3*1-3-4-2;1-2;/h9-10,13,16,19-22,25H,11-12,14-15,17-18,23H2,1-8H3,(H,38,40);8-9,12,15,18-19,22H,10-11,13-14,16-17,20H2,1-7H3,(H,33,34);2,4H,1H3;3*1,3-4H2,2H3;1H3;/i;;;;;;1D;. The smallest absolute Gasteiger partial charge is 0.410 e. The molecule has 2 fully saturated rings. The van der Waals surface area contributed by atoms with Crippen LogP contribution < -0.4 is 34.9 Å². The summed E-state index contributed by atoms with van der Waals surface area (Å²) < 4.78 is 57.8. The number of carbonyl (C=O) groups is 2. The molecule has 2 aromatic carbocycles. The van der Waals surface area contributed by atoms with Gasteiger partial charge in [-0.25, -0.2) is 24.5 Å². The first-order chi connectivity index (χ1) is 53.5. The summed E-state index contributed by atoms with van der Waals surface area (Å²) in [5.74, 6) is 2.61. The summed E-state index contributed by atoms with van der Waals surface area (Å²) >= 11 is 3.92. The van der Waals surface area contributed by atoms with E-state index >= 15 is 0 Å². The quantitative estimate of drug-likeness (QED) is 0.0251. The maximum Gasteiger partial charge on any atom is 0.410 e. The van der Waals surface area contributed by atoms with E-state index in [2.05, 4.69) is 135 Å². The molecule has 8 heterocycles. The van der Waals surface area contributed by atoms with E-state index in [0.29, 0.717) is 102 Å². The van der Waals surface area contributed by atoms with E-state index in [-0.39, 0.29) is 36.8 Å². The molecule has 112 heavy (non-hydrogen) atoms. The van der Waals surface area contributed by atoms with Gasteiger partial charge in [0.25, 0.3) is 11.1 Å². The second-order valence-corrected chi connectivity index (χ2v) is 58.5. The molecule has 2 amide bonds. The molecule has 0 spiro atoms. The van der Waals surface area contributed by atoms with E-state index < -0.39 is 52.9 Å². The SMILES string of the molecule is CCC[CH2][Sn]([CH2]CCC)([CH2]CCC)[c]1cncc(OC)n1.COc1cncc(-c2cc3ccn(COCC[Si](C)(C)C)c(=O)c3c(Nc3ccc(C4CCN(C(=O)OC(C)(C)C)CC4)c(C)c3)n2)n1.Cc1cc(Nc2nc(Cl)cc3ccn(COCC[Si](C)(C)C)c(=O)c23)ccc1C1CCN(C(=O)OC(C)(C)C)CC1.[2H]CF. The largest absolute Gasteiger partial charge is 0.480 e. The van der Waals surface area contributed by atoms with Gasteiger partial charge in [0.1, 0.15) is 47.1 Å². The van der Waals surface area contributed by atoms with Gasteiger partial charge in [0.15, 0.2) is 0 Å². The topological polar surface area (TPSA) is 241 Å². The predicted molar refractivity (Wildman–Crippen MR) is 461 cm³/mol. The minimum Gasteiger partial charge on any atom is -0.480 e. The van der Waals surface area contributed by atoms with Gasteiger partial charge in [-0.1, -0.05) is 63.0 Å². The van der Waals surface area contributed by atoms with Gasteiger partial charge >= 0.3 is 147 Å². The predicted octanol–water partition coefficient (Wildman–Crippen LogP) is 20.0. The fourth-order valence-electron chi connectivity index (χ4n) is 13.8. The number of pyridine rings is 4. The Bertz CT molecular complexity index is 4500. The van der Waals surface area contributed by atoms with Crippen molar-refractivity contribution in [2.45, 2.75) is 242 Å². The Kier molecular flexibility index (Phi) is 34.3. The molecule has 2 N–H and O–H groups in total. The maximum atomic E-state index is 13.9. The van der Waals surface area contributed by atoms with Crippen LogP contribution in [-0.2, 0) is 32.4 Å². The van der Waals surface area contributed by atoms with Crippen LogP contribution in [0.1, 0.15) is 162 Å². The van der Waals surface area contributed by atoms with E-state index in [0.717, 1.165) is 71.0 Å². The Morgan fingerprint density at radius 2 is 0.991 bits per heavy atom. The van der Waals surface area contributed by atoms with Crippen molar-refractivity contribution in [1.29, 1.82) is 0 Å². The molecule has 8 aromatic rings. The van der Waals surface area contributed by atoms with Crippen molar-refractivity contribution in [3.63, 3.8) is 0 Å². The van der Waals surface area contributed by atoms with Gasteiger partial charge < -0.3 is 44.1 Å². The molecule has 22 nitrogen and oxygen atoms in total. The summed E-state index contributed by atoms with van der Waals surface area (Å²) in [5.41, 5.74) is 6.15. The summed E-state index contributed by atoms with van der Waals surface area (Å²) in [6, 6.07) is 21.8. The Morgan fingerprint density at radius 3 is 1.39 bits per heavy atom. The third-order valence-corrected chi connectivity index (χ3v) is 38.7. The molecular weight excluding hydrogens is 1580 g/mol. The molecule has 0 bridgehead atoms. The Balaban J connectivity index is 0.000000247. The normalized spacial score (nSPS) is 13.9. The van der Waals surface area contributed by atoms with Crippen LogP contribution in [0.15, 0.2) is 107 Å². The van der Waals surface area contributed by atoms with Crippen molar-refractivity contribution in [2.75, 3.05) is 71.4 Å². The van der Waals surface area contributed by atoms with Crippen molar-refractivity contribution in [3.05, 3.63) is 146 Å². The van der Waals surface area contributed by atoms with Crippen LogP contribution in [0.2, 0.25) is 69.8 Å². The minimum absolute atomic E-state index is 0.169. The molecule has 0 saturated carbocycles. The van der Waals surface area contributed by atoms with Gasteiger partial charge in [-0.3, -0.25) is 28.1 Å². The zero-order valence-electron chi connectivity index (χ0n) is 71.2. The summed E-state index contributed by atoms with van der Waals surface area (Å²) in [6.45, 7) is 40.5. The van der Waals surface area contributed by atoms with Crippen LogP contribution >= 0.6 is 11.6 Å². The molecule has 2 aliphatic rings. The zero-order chi connectivity index (χ0) is 82.8. The number of nitrogens with zero attached hydrogens (tertiary/aromatic N) is 10. The molecule has 10 rings (SSSR count). The Hall–Kier alpha value is -7.57. The number of methoxy groups -OCH3 is 2. The van der Waals surface area contributed by atoms with Gasteiger partial charge in [0.2, 0.25) is 5.88 Å². The number of aryl methyl sites for hydroxylation is 2. The van der Waals surface area contributed by atoms with Crippen molar-refractivity contribution >= 4 is 107 Å². The number of rotatable bonds is 29. The molecule has 2 saturated heterocycles. The fourth-order valence-corrected chi connectivity index (χ4v) is 30.7. The number of benzene rings is 2. The number of ether oxygens (including phenoxy) is 6. The van der Waals surface area contributed by atoms with Crippen LogP contribution in [0.25, 0.3) is 32.9 Å². The number of nitrogens with one attached hydrogen (secondary N) is 2.